The number of aromatic nitrogens is 2. The third-order valence-electron chi connectivity index (χ3n) is 2.03. The number of hydrogen-bond acceptors (Lipinski definition) is 3. The van der Waals surface area contributed by atoms with Crippen molar-refractivity contribution in [2.75, 3.05) is 11.9 Å². The Morgan fingerprint density at radius 2 is 2.22 bits per heavy atom. The lowest BCUT2D eigenvalue weighted by atomic mass is 10.3. The van der Waals surface area contributed by atoms with Crippen molar-refractivity contribution in [2.45, 2.75) is 0 Å². The van der Waals surface area contributed by atoms with Gasteiger partial charge in [0.1, 0.15) is 11.6 Å². The molecule has 0 aliphatic carbocycles. The van der Waals surface area contributed by atoms with Gasteiger partial charge in [0.05, 0.1) is 11.2 Å². The average Bonchev–Trinajstić information content (AvgIpc) is 2.80. The molecule has 2 N–H and O–H groups in total. The predicted molar refractivity (Wildman–Crippen MR) is 69.2 cm³/mol. The first kappa shape index (κ1) is 12.7. The first-order valence-electron chi connectivity index (χ1n) is 5.02. The van der Waals surface area contributed by atoms with Crippen LogP contribution in [-0.4, -0.2) is 22.7 Å². The molecular weight excluding hydrogens is 277 g/mol. The molecule has 1 amide bonds. The molecule has 0 atom stereocenters. The molecule has 0 saturated carbocycles. The van der Waals surface area contributed by atoms with E-state index in [9.17, 15) is 4.79 Å². The SMILES string of the molecule is O=C(COc1ccc(Cl)cc1Cl)Nc1ccn[nH]1. The smallest absolute Gasteiger partial charge is 0.263 e. The molecule has 5 nitrogen and oxygen atoms in total. The van der Waals surface area contributed by atoms with Crippen LogP contribution in [0.5, 0.6) is 5.75 Å². The number of carbonyl (C=O) groups excluding carboxylic acids is 1. The van der Waals surface area contributed by atoms with Gasteiger partial charge in [-0.15, -0.1) is 0 Å². The van der Waals surface area contributed by atoms with Crippen LogP contribution < -0.4 is 10.1 Å². The number of benzene rings is 1. The van der Waals surface area contributed by atoms with E-state index in [1.807, 2.05) is 0 Å². The standard InChI is InChI=1S/C11H9Cl2N3O2/c12-7-1-2-9(8(13)5-7)18-6-11(17)15-10-3-4-14-16-10/h1-5H,6H2,(H2,14,15,16,17). The Morgan fingerprint density at radius 1 is 1.39 bits per heavy atom. The van der Waals surface area contributed by atoms with E-state index in [1.165, 1.54) is 6.20 Å². The largest absolute Gasteiger partial charge is 0.482 e. The van der Waals surface area contributed by atoms with Crippen LogP contribution in [0.4, 0.5) is 5.82 Å². The highest BCUT2D eigenvalue weighted by molar-refractivity contribution is 6.35. The second-order valence-electron chi connectivity index (χ2n) is 3.38. The molecule has 1 aromatic heterocycles. The van der Waals surface area contributed by atoms with Crippen molar-refractivity contribution >= 4 is 34.9 Å². The van der Waals surface area contributed by atoms with Crippen LogP contribution in [0, 0.1) is 0 Å². The Bertz CT molecular complexity index is 543. The van der Waals surface area contributed by atoms with Crippen LogP contribution >= 0.6 is 23.2 Å². The Labute approximate surface area is 113 Å². The number of nitrogens with zero attached hydrogens (tertiary/aromatic N) is 1. The molecule has 94 valence electrons. The zero-order valence-corrected chi connectivity index (χ0v) is 10.6. The molecule has 0 radical (unpaired) electrons. The minimum absolute atomic E-state index is 0.152. The van der Waals surface area contributed by atoms with Crippen molar-refractivity contribution < 1.29 is 9.53 Å². The fraction of sp³-hybridized carbons (Fsp3) is 0.0909. The number of amides is 1. The van der Waals surface area contributed by atoms with Gasteiger partial charge >= 0.3 is 0 Å². The Kier molecular flexibility index (Phi) is 4.07. The number of aromatic amines is 1. The maximum absolute atomic E-state index is 11.5. The first-order valence-corrected chi connectivity index (χ1v) is 5.78. The summed E-state index contributed by atoms with van der Waals surface area (Å²) in [4.78, 5) is 11.5. The van der Waals surface area contributed by atoms with Gasteiger partial charge in [0.2, 0.25) is 0 Å². The average molecular weight is 286 g/mol. The molecule has 2 aromatic rings. The van der Waals surface area contributed by atoms with Crippen molar-refractivity contribution in [1.29, 1.82) is 0 Å². The molecule has 0 aliphatic heterocycles. The second kappa shape index (κ2) is 5.75. The van der Waals surface area contributed by atoms with Crippen molar-refractivity contribution in [3.05, 3.63) is 40.5 Å². The number of rotatable bonds is 4. The third kappa shape index (κ3) is 3.38. The van der Waals surface area contributed by atoms with E-state index in [2.05, 4.69) is 15.5 Å². The maximum Gasteiger partial charge on any atom is 0.263 e. The summed E-state index contributed by atoms with van der Waals surface area (Å²) in [6.07, 6.45) is 1.53. The Morgan fingerprint density at radius 3 is 2.89 bits per heavy atom. The van der Waals surface area contributed by atoms with Gasteiger partial charge in [0, 0.05) is 11.1 Å². The van der Waals surface area contributed by atoms with Crippen LogP contribution in [0.25, 0.3) is 0 Å². The van der Waals surface area contributed by atoms with Gasteiger partial charge in [-0.2, -0.15) is 5.10 Å². The summed E-state index contributed by atoms with van der Waals surface area (Å²) in [5, 5.41) is 9.74. The normalized spacial score (nSPS) is 10.1. The lowest BCUT2D eigenvalue weighted by Gasteiger charge is -2.07. The topological polar surface area (TPSA) is 67.0 Å². The molecule has 1 aromatic carbocycles. The van der Waals surface area contributed by atoms with E-state index in [1.54, 1.807) is 24.3 Å². The first-order chi connectivity index (χ1) is 8.65. The van der Waals surface area contributed by atoms with Gasteiger partial charge in [-0.3, -0.25) is 9.89 Å². The van der Waals surface area contributed by atoms with Crippen LogP contribution in [0.2, 0.25) is 10.0 Å². The molecule has 0 unspecified atom stereocenters. The lowest BCUT2D eigenvalue weighted by Crippen LogP contribution is -2.20. The van der Waals surface area contributed by atoms with E-state index in [-0.39, 0.29) is 12.5 Å². The summed E-state index contributed by atoms with van der Waals surface area (Å²) in [6, 6.07) is 6.42. The second-order valence-corrected chi connectivity index (χ2v) is 4.23. The van der Waals surface area contributed by atoms with Gasteiger partial charge in [-0.25, -0.2) is 0 Å². The number of hydrogen-bond donors (Lipinski definition) is 2. The summed E-state index contributed by atoms with van der Waals surface area (Å²) in [5.41, 5.74) is 0. The molecule has 0 bridgehead atoms. The Balaban J connectivity index is 1.89. The summed E-state index contributed by atoms with van der Waals surface area (Å²) in [6.45, 7) is -0.152. The number of H-pyrrole nitrogens is 1. The highest BCUT2D eigenvalue weighted by Gasteiger charge is 2.07. The van der Waals surface area contributed by atoms with Crippen LogP contribution in [0.1, 0.15) is 0 Å². The van der Waals surface area contributed by atoms with E-state index >= 15 is 0 Å². The summed E-state index contributed by atoms with van der Waals surface area (Å²) in [5.74, 6) is 0.594. The van der Waals surface area contributed by atoms with Crippen molar-refractivity contribution in [3.8, 4) is 5.75 Å². The fourth-order valence-electron chi connectivity index (χ4n) is 1.25. The van der Waals surface area contributed by atoms with Gasteiger partial charge < -0.3 is 10.1 Å². The monoisotopic (exact) mass is 285 g/mol. The van der Waals surface area contributed by atoms with E-state index in [4.69, 9.17) is 27.9 Å². The van der Waals surface area contributed by atoms with Crippen molar-refractivity contribution in [2.24, 2.45) is 0 Å². The van der Waals surface area contributed by atoms with E-state index in [0.717, 1.165) is 0 Å². The minimum Gasteiger partial charge on any atom is -0.482 e. The zero-order chi connectivity index (χ0) is 13.0. The van der Waals surface area contributed by atoms with Gasteiger partial charge in [-0.05, 0) is 18.2 Å². The highest BCUT2D eigenvalue weighted by atomic mass is 35.5. The fourth-order valence-corrected chi connectivity index (χ4v) is 1.71. The van der Waals surface area contributed by atoms with Crippen molar-refractivity contribution in [1.82, 2.24) is 10.2 Å². The van der Waals surface area contributed by atoms with Gasteiger partial charge in [0.25, 0.3) is 5.91 Å². The summed E-state index contributed by atoms with van der Waals surface area (Å²) < 4.78 is 5.27. The Hall–Kier alpha value is -1.72. The van der Waals surface area contributed by atoms with Gasteiger partial charge in [-0.1, -0.05) is 23.2 Å². The highest BCUT2D eigenvalue weighted by Crippen LogP contribution is 2.27. The molecule has 7 heteroatoms. The quantitative estimate of drug-likeness (QED) is 0.908. The third-order valence-corrected chi connectivity index (χ3v) is 2.56. The van der Waals surface area contributed by atoms with Gasteiger partial charge in [0.15, 0.2) is 6.61 Å². The van der Waals surface area contributed by atoms with Crippen LogP contribution in [-0.2, 0) is 4.79 Å². The molecule has 0 saturated heterocycles. The predicted octanol–water partition coefficient (Wildman–Crippen LogP) is 2.73. The number of carbonyl (C=O) groups is 1. The number of halogens is 2. The minimum atomic E-state index is -0.315. The number of anilines is 1. The van der Waals surface area contributed by atoms with E-state index < -0.39 is 0 Å². The molecule has 0 fully saturated rings. The molecule has 1 heterocycles. The van der Waals surface area contributed by atoms with Crippen LogP contribution in [0.3, 0.4) is 0 Å². The molecular formula is C11H9Cl2N3O2. The number of nitrogens with one attached hydrogen (secondary N) is 2. The zero-order valence-electron chi connectivity index (χ0n) is 9.11. The maximum atomic E-state index is 11.5. The summed E-state index contributed by atoms with van der Waals surface area (Å²) in [7, 11) is 0. The molecule has 18 heavy (non-hydrogen) atoms. The van der Waals surface area contributed by atoms with Crippen LogP contribution in [0.15, 0.2) is 30.5 Å². The molecule has 2 rings (SSSR count). The molecule has 0 aliphatic rings. The molecule has 0 spiro atoms. The van der Waals surface area contributed by atoms with Crippen molar-refractivity contribution in [3.63, 3.8) is 0 Å². The van der Waals surface area contributed by atoms with E-state index in [0.29, 0.717) is 21.6 Å². The number of ether oxygens (including phenoxy) is 1. The lowest BCUT2D eigenvalue weighted by molar-refractivity contribution is -0.118. The summed E-state index contributed by atoms with van der Waals surface area (Å²) >= 11 is 11.6.